The Morgan fingerprint density at radius 3 is 2.58 bits per heavy atom. The first-order valence-corrected chi connectivity index (χ1v) is 12.5. The first-order valence-electron chi connectivity index (χ1n) is 9.42. The summed E-state index contributed by atoms with van der Waals surface area (Å²) in [4.78, 5) is 24.4. The lowest BCUT2D eigenvalue weighted by Crippen LogP contribution is -2.28. The van der Waals surface area contributed by atoms with E-state index in [4.69, 9.17) is 4.74 Å². The minimum atomic E-state index is -0.535. The number of halogens is 2. The van der Waals surface area contributed by atoms with Gasteiger partial charge in [-0.15, -0.1) is 5.10 Å². The fourth-order valence-corrected chi connectivity index (χ4v) is 5.74. The number of aryl methyl sites for hydroxylation is 1. The van der Waals surface area contributed by atoms with Gasteiger partial charge in [0.15, 0.2) is 5.17 Å². The third-order valence-corrected chi connectivity index (χ3v) is 6.82. The van der Waals surface area contributed by atoms with Crippen molar-refractivity contribution in [3.05, 3.63) is 54.7 Å². The predicted octanol–water partition coefficient (Wildman–Crippen LogP) is 4.55. The average molecular weight is 662 g/mol. The summed E-state index contributed by atoms with van der Waals surface area (Å²) in [5, 5.41) is 13.5. The van der Waals surface area contributed by atoms with E-state index in [1.165, 1.54) is 11.8 Å². The van der Waals surface area contributed by atoms with Gasteiger partial charge in [0.2, 0.25) is 11.8 Å². The van der Waals surface area contributed by atoms with Crippen molar-refractivity contribution in [1.82, 2.24) is 5.32 Å². The van der Waals surface area contributed by atoms with Gasteiger partial charge in [0, 0.05) is 12.1 Å². The Bertz CT molecular complexity index is 1020. The fourth-order valence-electron chi connectivity index (χ4n) is 2.69. The summed E-state index contributed by atoms with van der Waals surface area (Å²) in [5.41, 5.74) is 2.70. The molecular weight excluding hydrogens is 642 g/mol. The molecule has 7 nitrogen and oxygen atoms in total. The van der Waals surface area contributed by atoms with Crippen molar-refractivity contribution >= 4 is 85.8 Å². The highest BCUT2D eigenvalue weighted by atomic mass is 127. The van der Waals surface area contributed by atoms with Crippen LogP contribution < -0.4 is 15.4 Å². The second-order valence-electron chi connectivity index (χ2n) is 6.61. The Balaban J connectivity index is 1.58. The maximum Gasteiger partial charge on any atom is 0.240 e. The summed E-state index contributed by atoms with van der Waals surface area (Å²) in [5.74, 6) is 0.389. The lowest BCUT2D eigenvalue weighted by Gasteiger charge is -2.08. The second kappa shape index (κ2) is 11.3. The van der Waals surface area contributed by atoms with E-state index in [9.17, 15) is 9.59 Å². The zero-order valence-electron chi connectivity index (χ0n) is 16.8. The molecule has 0 radical (unpaired) electrons. The molecule has 2 N–H and O–H groups in total. The molecule has 0 aliphatic carbocycles. The van der Waals surface area contributed by atoms with Gasteiger partial charge in [-0.1, -0.05) is 29.5 Å². The van der Waals surface area contributed by atoms with E-state index in [-0.39, 0.29) is 18.2 Å². The smallest absolute Gasteiger partial charge is 0.240 e. The molecule has 0 bridgehead atoms. The van der Waals surface area contributed by atoms with Crippen LogP contribution in [0.1, 0.15) is 24.5 Å². The number of carbonyl (C=O) groups excluding carboxylic acids is 2. The molecule has 3 rings (SSSR count). The molecule has 10 heteroatoms. The van der Waals surface area contributed by atoms with Crippen molar-refractivity contribution in [3.8, 4) is 5.75 Å². The molecule has 1 heterocycles. The van der Waals surface area contributed by atoms with Gasteiger partial charge in [0.05, 0.1) is 20.0 Å². The molecule has 0 spiro atoms. The summed E-state index contributed by atoms with van der Waals surface area (Å²) in [6.45, 7) is 4.53. The molecule has 0 aromatic heterocycles. The van der Waals surface area contributed by atoms with Crippen LogP contribution in [0.4, 0.5) is 5.69 Å². The van der Waals surface area contributed by atoms with E-state index in [0.717, 1.165) is 24.0 Å². The van der Waals surface area contributed by atoms with Crippen LogP contribution in [0, 0.1) is 14.1 Å². The number of rotatable bonds is 7. The maximum atomic E-state index is 12.3. The van der Waals surface area contributed by atoms with Gasteiger partial charge in [-0.3, -0.25) is 9.59 Å². The van der Waals surface area contributed by atoms with E-state index in [2.05, 4.69) is 66.0 Å². The van der Waals surface area contributed by atoms with Crippen LogP contribution in [-0.2, 0) is 9.59 Å². The summed E-state index contributed by atoms with van der Waals surface area (Å²) in [6.07, 6.45) is 1.68. The van der Waals surface area contributed by atoms with E-state index in [1.807, 2.05) is 50.2 Å². The third kappa shape index (κ3) is 6.91. The molecule has 1 atom stereocenters. The normalized spacial score (nSPS) is 17.2. The number of amides is 2. The van der Waals surface area contributed by atoms with Gasteiger partial charge in [0.25, 0.3) is 0 Å². The van der Waals surface area contributed by atoms with Crippen molar-refractivity contribution in [2.75, 3.05) is 11.9 Å². The van der Waals surface area contributed by atoms with Crippen LogP contribution in [0.15, 0.2) is 46.6 Å². The number of nitrogens with zero attached hydrogens (tertiary/aromatic N) is 2. The van der Waals surface area contributed by atoms with Crippen LogP contribution in [0.3, 0.4) is 0 Å². The van der Waals surface area contributed by atoms with Crippen molar-refractivity contribution < 1.29 is 14.3 Å². The quantitative estimate of drug-likeness (QED) is 0.259. The Kier molecular flexibility index (Phi) is 8.72. The molecule has 1 aliphatic rings. The van der Waals surface area contributed by atoms with Gasteiger partial charge in [-0.05, 0) is 88.9 Å². The Morgan fingerprint density at radius 1 is 1.26 bits per heavy atom. The first kappa shape index (κ1) is 24.0. The van der Waals surface area contributed by atoms with E-state index >= 15 is 0 Å². The topological polar surface area (TPSA) is 92.2 Å². The van der Waals surface area contributed by atoms with Crippen molar-refractivity contribution in [1.29, 1.82) is 0 Å². The summed E-state index contributed by atoms with van der Waals surface area (Å²) in [7, 11) is 0. The van der Waals surface area contributed by atoms with Crippen molar-refractivity contribution in [2.24, 2.45) is 10.2 Å². The Hall–Kier alpha value is -1.67. The van der Waals surface area contributed by atoms with Crippen LogP contribution in [0.5, 0.6) is 5.75 Å². The Morgan fingerprint density at radius 2 is 1.94 bits per heavy atom. The monoisotopic (exact) mass is 662 g/mol. The van der Waals surface area contributed by atoms with Gasteiger partial charge in [-0.25, -0.2) is 0 Å². The zero-order chi connectivity index (χ0) is 22.4. The lowest BCUT2D eigenvalue weighted by molar-refractivity contribution is -0.122. The number of thioether (sulfide) groups is 1. The molecule has 0 unspecified atom stereocenters. The minimum Gasteiger partial charge on any atom is -0.492 e. The number of anilines is 1. The number of carbonyl (C=O) groups is 2. The molecule has 1 saturated heterocycles. The zero-order valence-corrected chi connectivity index (χ0v) is 21.9. The van der Waals surface area contributed by atoms with Crippen molar-refractivity contribution in [2.45, 2.75) is 25.5 Å². The highest BCUT2D eigenvalue weighted by molar-refractivity contribution is 14.1. The summed E-state index contributed by atoms with van der Waals surface area (Å²) < 4.78 is 7.61. The predicted molar refractivity (Wildman–Crippen MR) is 142 cm³/mol. The highest BCUT2D eigenvalue weighted by Gasteiger charge is 2.32. The highest BCUT2D eigenvalue weighted by Crippen LogP contribution is 2.28. The SMILES string of the molecule is CCOc1c(I)cc(/C=N\N=C2\NC(=O)[C@@H](CC(=O)Nc3ccc(C)cc3)S2)cc1I. The number of nitrogens with one attached hydrogen (secondary N) is 2. The fraction of sp³-hybridized carbons (Fsp3) is 0.238. The van der Waals surface area contributed by atoms with E-state index < -0.39 is 5.25 Å². The molecule has 2 amide bonds. The van der Waals surface area contributed by atoms with Crippen LogP contribution in [0.2, 0.25) is 0 Å². The molecule has 31 heavy (non-hydrogen) atoms. The summed E-state index contributed by atoms with van der Waals surface area (Å²) >= 11 is 5.65. The van der Waals surface area contributed by atoms with E-state index in [1.54, 1.807) is 6.21 Å². The lowest BCUT2D eigenvalue weighted by atomic mass is 10.2. The molecular formula is C21H20I2N4O3S. The molecule has 2 aromatic carbocycles. The number of hydrogen-bond donors (Lipinski definition) is 2. The third-order valence-electron chi connectivity index (χ3n) is 4.15. The summed E-state index contributed by atoms with van der Waals surface area (Å²) in [6, 6.07) is 11.4. The first-order chi connectivity index (χ1) is 14.9. The largest absolute Gasteiger partial charge is 0.492 e. The maximum absolute atomic E-state index is 12.3. The van der Waals surface area contributed by atoms with Crippen molar-refractivity contribution in [3.63, 3.8) is 0 Å². The van der Waals surface area contributed by atoms with E-state index in [0.29, 0.717) is 17.5 Å². The molecule has 2 aromatic rings. The van der Waals surface area contributed by atoms with Gasteiger partial charge in [-0.2, -0.15) is 5.10 Å². The van der Waals surface area contributed by atoms with Crippen LogP contribution in [-0.4, -0.2) is 35.1 Å². The standard InChI is InChI=1S/C21H20I2N4O3S/c1-3-30-19-15(22)8-13(9-16(19)23)11-24-27-21-26-20(29)17(31-21)10-18(28)25-14-6-4-12(2)5-7-14/h4-9,11,17H,3,10H2,1-2H3,(H,25,28)(H,26,27,29)/b24-11-/t17-/m1/s1. The molecule has 1 fully saturated rings. The Labute approximate surface area is 212 Å². The molecule has 0 saturated carbocycles. The molecule has 1 aliphatic heterocycles. The second-order valence-corrected chi connectivity index (χ2v) is 10.1. The average Bonchev–Trinajstić information content (AvgIpc) is 3.05. The molecule has 162 valence electrons. The minimum absolute atomic E-state index is 0.0579. The van der Waals surface area contributed by atoms with Gasteiger partial charge in [0.1, 0.15) is 11.0 Å². The number of benzene rings is 2. The van der Waals surface area contributed by atoms with Gasteiger partial charge >= 0.3 is 0 Å². The van der Waals surface area contributed by atoms with Gasteiger partial charge < -0.3 is 15.4 Å². The number of hydrogen-bond acceptors (Lipinski definition) is 6. The van der Waals surface area contributed by atoms with Crippen LogP contribution in [0.25, 0.3) is 0 Å². The van der Waals surface area contributed by atoms with Crippen LogP contribution >= 0.6 is 56.9 Å². The number of amidine groups is 1. The number of ether oxygens (including phenoxy) is 1.